The predicted molar refractivity (Wildman–Crippen MR) is 93.5 cm³/mol. The van der Waals surface area contributed by atoms with E-state index in [0.717, 1.165) is 12.8 Å². The molecule has 0 aromatic heterocycles. The molecule has 0 bridgehead atoms. The third kappa shape index (κ3) is 5.94. The minimum atomic E-state index is -1.13. The fourth-order valence-corrected chi connectivity index (χ4v) is 2.25. The van der Waals surface area contributed by atoms with Crippen molar-refractivity contribution in [1.29, 1.82) is 0 Å². The van der Waals surface area contributed by atoms with E-state index in [1.165, 1.54) is 4.90 Å². The Morgan fingerprint density at radius 1 is 1.32 bits per heavy atom. The van der Waals surface area contributed by atoms with Crippen LogP contribution in [0.4, 0.5) is 4.79 Å². The number of nitrogens with zero attached hydrogens (tertiary/aromatic N) is 3. The van der Waals surface area contributed by atoms with Gasteiger partial charge in [0, 0.05) is 20.0 Å². The van der Waals surface area contributed by atoms with Crippen LogP contribution in [0, 0.1) is 0 Å². The van der Waals surface area contributed by atoms with Crippen molar-refractivity contribution < 1.29 is 14.4 Å². The zero-order chi connectivity index (χ0) is 19.0. The Bertz CT molecular complexity index is 585. The molecule has 1 aliphatic heterocycles. The second-order valence-corrected chi connectivity index (χ2v) is 5.95. The van der Waals surface area contributed by atoms with Gasteiger partial charge in [-0.2, -0.15) is 0 Å². The maximum absolute atomic E-state index is 12.3. The second-order valence-electron chi connectivity index (χ2n) is 5.95. The number of hydrogen-bond acceptors (Lipinski definition) is 5. The summed E-state index contributed by atoms with van der Waals surface area (Å²) in [6, 6.07) is -0.826. The van der Waals surface area contributed by atoms with Gasteiger partial charge < -0.3 is 22.1 Å². The fraction of sp³-hybridized carbons (Fsp3) is 0.643. The van der Waals surface area contributed by atoms with Gasteiger partial charge in [-0.05, 0) is 19.8 Å². The number of guanidine groups is 2. The Labute approximate surface area is 146 Å². The average Bonchev–Trinajstić information content (AvgIpc) is 2.52. The van der Waals surface area contributed by atoms with Crippen molar-refractivity contribution in [3.63, 3.8) is 0 Å². The Hall–Kier alpha value is -2.85. The zero-order valence-corrected chi connectivity index (χ0v) is 14.5. The zero-order valence-electron chi connectivity index (χ0n) is 14.5. The van der Waals surface area contributed by atoms with Gasteiger partial charge in [-0.3, -0.25) is 25.2 Å². The molecule has 1 atom stereocenters. The van der Waals surface area contributed by atoms with Crippen LogP contribution in [0.15, 0.2) is 9.98 Å². The number of urea groups is 1. The summed E-state index contributed by atoms with van der Waals surface area (Å²) in [5, 5.41) is 4.64. The first-order chi connectivity index (χ1) is 11.7. The number of rotatable bonds is 7. The van der Waals surface area contributed by atoms with E-state index in [9.17, 15) is 14.4 Å². The molecule has 0 aromatic rings. The highest BCUT2D eigenvalue weighted by atomic mass is 16.2. The second kappa shape index (κ2) is 8.85. The van der Waals surface area contributed by atoms with E-state index in [1.54, 1.807) is 14.0 Å². The predicted octanol–water partition coefficient (Wildman–Crippen LogP) is -1.81. The number of likely N-dealkylation sites (N-methyl/N-ethyl adjacent to an activating group) is 1. The van der Waals surface area contributed by atoms with Gasteiger partial charge in [0.25, 0.3) is 5.91 Å². The van der Waals surface area contributed by atoms with Crippen molar-refractivity contribution in [2.45, 2.75) is 38.1 Å². The van der Waals surface area contributed by atoms with Crippen LogP contribution in [0.2, 0.25) is 0 Å². The Morgan fingerprint density at radius 3 is 2.56 bits per heavy atom. The number of aliphatic imine (C=N–C) groups is 2. The Morgan fingerprint density at radius 2 is 2.00 bits per heavy atom. The van der Waals surface area contributed by atoms with Crippen LogP contribution in [-0.4, -0.2) is 60.3 Å². The number of carbonyl (C=O) groups is 3. The van der Waals surface area contributed by atoms with E-state index in [4.69, 9.17) is 17.2 Å². The lowest BCUT2D eigenvalue weighted by Crippen LogP contribution is -2.65. The molecule has 25 heavy (non-hydrogen) atoms. The summed E-state index contributed by atoms with van der Waals surface area (Å²) < 4.78 is 0. The molecule has 140 valence electrons. The van der Waals surface area contributed by atoms with Crippen molar-refractivity contribution in [3.05, 3.63) is 0 Å². The number of nitrogens with two attached hydrogens (primary N) is 3. The molecule has 0 aromatic carbocycles. The Kier molecular flexibility index (Phi) is 7.15. The minimum absolute atomic E-state index is 0.0180. The molecule has 8 N–H and O–H groups in total. The van der Waals surface area contributed by atoms with Gasteiger partial charge >= 0.3 is 6.03 Å². The summed E-state index contributed by atoms with van der Waals surface area (Å²) in [7, 11) is 1.56. The van der Waals surface area contributed by atoms with E-state index in [2.05, 4.69) is 20.6 Å². The summed E-state index contributed by atoms with van der Waals surface area (Å²) in [6.07, 6.45) is 2.54. The lowest BCUT2D eigenvalue weighted by molar-refractivity contribution is -0.144. The molecule has 4 amide bonds. The van der Waals surface area contributed by atoms with Crippen molar-refractivity contribution in [2.75, 3.05) is 20.1 Å². The van der Waals surface area contributed by atoms with Gasteiger partial charge in [-0.1, -0.05) is 6.42 Å². The van der Waals surface area contributed by atoms with Gasteiger partial charge in [-0.15, -0.1) is 0 Å². The molecule has 0 aliphatic carbocycles. The van der Waals surface area contributed by atoms with Crippen LogP contribution in [0.1, 0.15) is 32.6 Å². The number of primary amides is 1. The minimum Gasteiger partial charge on any atom is -0.370 e. The van der Waals surface area contributed by atoms with E-state index in [1.807, 2.05) is 0 Å². The molecule has 0 spiro atoms. The first kappa shape index (κ1) is 20.2. The first-order valence-electron chi connectivity index (χ1n) is 7.91. The van der Waals surface area contributed by atoms with Crippen LogP contribution in [0.5, 0.6) is 0 Å². The van der Waals surface area contributed by atoms with Gasteiger partial charge in [0.15, 0.2) is 5.96 Å². The highest BCUT2D eigenvalue weighted by Gasteiger charge is 2.42. The molecule has 11 nitrogen and oxygen atoms in total. The van der Waals surface area contributed by atoms with Gasteiger partial charge in [0.05, 0.1) is 6.54 Å². The molecule has 1 rings (SSSR count). The molecule has 0 saturated carbocycles. The first-order valence-corrected chi connectivity index (χ1v) is 7.91. The highest BCUT2D eigenvalue weighted by Crippen LogP contribution is 2.19. The van der Waals surface area contributed by atoms with Gasteiger partial charge in [-0.25, -0.2) is 9.79 Å². The van der Waals surface area contributed by atoms with Crippen LogP contribution < -0.4 is 27.8 Å². The number of unbranched alkanes of at least 4 members (excludes halogenated alkanes) is 2. The topological polar surface area (TPSA) is 181 Å². The molecule has 0 fully saturated rings. The Balaban J connectivity index is 2.51. The highest BCUT2D eigenvalue weighted by molar-refractivity contribution is 6.08. The number of nitrogens with one attached hydrogen (secondary N) is 2. The normalized spacial score (nSPS) is 19.4. The van der Waals surface area contributed by atoms with Crippen LogP contribution in [0.3, 0.4) is 0 Å². The average molecular weight is 354 g/mol. The van der Waals surface area contributed by atoms with Crippen LogP contribution in [-0.2, 0) is 9.59 Å². The van der Waals surface area contributed by atoms with Crippen molar-refractivity contribution in [1.82, 2.24) is 15.5 Å². The quantitative estimate of drug-likeness (QED) is 0.205. The van der Waals surface area contributed by atoms with Crippen molar-refractivity contribution >= 4 is 29.8 Å². The van der Waals surface area contributed by atoms with Gasteiger partial charge in [0.1, 0.15) is 5.54 Å². The third-order valence-electron chi connectivity index (χ3n) is 3.97. The van der Waals surface area contributed by atoms with Gasteiger partial charge in [0.2, 0.25) is 11.9 Å². The number of amides is 4. The van der Waals surface area contributed by atoms with Crippen LogP contribution >= 0.6 is 0 Å². The fourth-order valence-electron chi connectivity index (χ4n) is 2.25. The van der Waals surface area contributed by atoms with E-state index in [-0.39, 0.29) is 24.4 Å². The van der Waals surface area contributed by atoms with Crippen molar-refractivity contribution in [2.24, 2.45) is 27.2 Å². The summed E-state index contributed by atoms with van der Waals surface area (Å²) in [5.74, 6) is -0.566. The summed E-state index contributed by atoms with van der Waals surface area (Å²) in [5.41, 5.74) is 14.3. The smallest absolute Gasteiger partial charge is 0.318 e. The molecule has 1 aliphatic rings. The summed E-state index contributed by atoms with van der Waals surface area (Å²) >= 11 is 0. The third-order valence-corrected chi connectivity index (χ3v) is 3.97. The molecular weight excluding hydrogens is 328 g/mol. The maximum Gasteiger partial charge on any atom is 0.318 e. The largest absolute Gasteiger partial charge is 0.370 e. The van der Waals surface area contributed by atoms with E-state index in [0.29, 0.717) is 19.4 Å². The molecular formula is C14H26N8O3. The maximum atomic E-state index is 12.3. The molecule has 11 heteroatoms. The monoisotopic (exact) mass is 354 g/mol. The molecule has 0 saturated heterocycles. The SMILES string of the molecule is CN(C(=O)CCCCCN=C(N)N)[C@@]1(C)CN=C(NC(N)=O)NC1=O. The summed E-state index contributed by atoms with van der Waals surface area (Å²) in [4.78, 5) is 44.8. The van der Waals surface area contributed by atoms with E-state index >= 15 is 0 Å². The lowest BCUT2D eigenvalue weighted by Gasteiger charge is -2.38. The van der Waals surface area contributed by atoms with E-state index < -0.39 is 17.5 Å². The lowest BCUT2D eigenvalue weighted by atomic mass is 9.97. The van der Waals surface area contributed by atoms with Crippen LogP contribution in [0.25, 0.3) is 0 Å². The number of hydrogen-bond donors (Lipinski definition) is 5. The summed E-state index contributed by atoms with van der Waals surface area (Å²) in [6.45, 7) is 2.17. The molecule has 1 heterocycles. The number of carbonyl (C=O) groups excluding carboxylic acids is 3. The molecule has 0 unspecified atom stereocenters. The van der Waals surface area contributed by atoms with Crippen molar-refractivity contribution in [3.8, 4) is 0 Å². The standard InChI is InChI=1S/C14H26N8O3/c1-14(8-19-13(20-10(14)24)21-12(17)25)22(2)9(23)6-4-3-5-7-18-11(15)16/h3-8H2,1-2H3,(H4,15,16,18)(H4,17,19,20,21,24,25)/t14-/m0/s1. The molecule has 0 radical (unpaired) electrons.